The highest BCUT2D eigenvalue weighted by Gasteiger charge is 1.96. The predicted octanol–water partition coefficient (Wildman–Crippen LogP) is 1.05. The Labute approximate surface area is 60.1 Å². The lowest BCUT2D eigenvalue weighted by molar-refractivity contribution is 0.532. The van der Waals surface area contributed by atoms with Gasteiger partial charge in [-0.25, -0.2) is 0 Å². The van der Waals surface area contributed by atoms with Crippen molar-refractivity contribution in [2.24, 2.45) is 0 Å². The molecule has 0 saturated carbocycles. The van der Waals surface area contributed by atoms with Gasteiger partial charge in [-0.05, 0) is 13.8 Å². The molecule has 3 nitrogen and oxygen atoms in total. The van der Waals surface area contributed by atoms with Crippen LogP contribution in [-0.2, 0) is 0 Å². The Morgan fingerprint density at radius 2 is 2.89 bits per heavy atom. The van der Waals surface area contributed by atoms with Crippen LogP contribution >= 0.6 is 0 Å². The molecule has 0 bridgehead atoms. The van der Waals surface area contributed by atoms with E-state index in [2.05, 4.69) is 5.10 Å². The molecule has 50 valence electrons. The summed E-state index contributed by atoms with van der Waals surface area (Å²) in [6.45, 7) is -1.15. The molecule has 0 aliphatic rings. The van der Waals surface area contributed by atoms with Gasteiger partial charge in [0.05, 0.1) is 13.3 Å². The largest absolute Gasteiger partial charge is 0.396 e. The predicted molar refractivity (Wildman–Crippen MR) is 37.0 cm³/mol. The van der Waals surface area contributed by atoms with E-state index in [-0.39, 0.29) is 0 Å². The molecule has 0 aliphatic heterocycles. The smallest absolute Gasteiger partial charge is 0.0719 e. The van der Waals surface area contributed by atoms with Crippen molar-refractivity contribution in [3.05, 3.63) is 12.4 Å². The van der Waals surface area contributed by atoms with Crippen molar-refractivity contribution in [1.82, 2.24) is 9.78 Å². The second-order valence-electron chi connectivity index (χ2n) is 1.80. The van der Waals surface area contributed by atoms with Crippen LogP contribution in [0.3, 0.4) is 0 Å². The lowest BCUT2D eigenvalue weighted by Gasteiger charge is -2.01. The van der Waals surface area contributed by atoms with E-state index < -0.39 is 12.9 Å². The van der Waals surface area contributed by atoms with E-state index in [1.54, 1.807) is 0 Å². The van der Waals surface area contributed by atoms with E-state index in [1.165, 1.54) is 19.3 Å². The van der Waals surface area contributed by atoms with Crippen LogP contribution in [0.5, 0.6) is 0 Å². The molecule has 1 aromatic heterocycles. The van der Waals surface area contributed by atoms with Crippen LogP contribution < -0.4 is 5.73 Å². The molecule has 0 radical (unpaired) electrons. The highest BCUT2D eigenvalue weighted by Crippen LogP contribution is 2.04. The van der Waals surface area contributed by atoms with Gasteiger partial charge in [0.25, 0.3) is 0 Å². The van der Waals surface area contributed by atoms with Crippen molar-refractivity contribution in [2.45, 2.75) is 19.8 Å². The van der Waals surface area contributed by atoms with E-state index in [0.717, 1.165) is 4.68 Å². The van der Waals surface area contributed by atoms with Crippen molar-refractivity contribution in [3.8, 4) is 0 Å². The van der Waals surface area contributed by atoms with Crippen LogP contribution in [-0.4, -0.2) is 9.78 Å². The summed E-state index contributed by atoms with van der Waals surface area (Å²) < 4.78 is 30.0. The van der Waals surface area contributed by atoms with Gasteiger partial charge >= 0.3 is 0 Å². The normalized spacial score (nSPS) is 25.0. The Kier molecular flexibility index (Phi) is 0.633. The SMILES string of the molecule is [2H]C([2H])([2H])C([2H])(C)n1cc(N)cn1. The van der Waals surface area contributed by atoms with Crippen LogP contribution in [0.1, 0.15) is 25.3 Å². The van der Waals surface area contributed by atoms with Crippen molar-refractivity contribution in [1.29, 1.82) is 0 Å². The molecule has 3 heteroatoms. The Morgan fingerprint density at radius 1 is 2.11 bits per heavy atom. The molecule has 2 N–H and O–H groups in total. The maximum Gasteiger partial charge on any atom is 0.0719 e. The third kappa shape index (κ3) is 1.22. The Balaban J connectivity index is 3.07. The fourth-order valence-corrected chi connectivity index (χ4v) is 0.520. The molecule has 0 saturated heterocycles. The molecule has 1 unspecified atom stereocenters. The quantitative estimate of drug-likeness (QED) is 0.615. The summed E-state index contributed by atoms with van der Waals surface area (Å²) in [7, 11) is 0. The first-order valence-corrected chi connectivity index (χ1v) is 2.56. The minimum atomic E-state index is -2.43. The van der Waals surface area contributed by atoms with Gasteiger partial charge in [0.2, 0.25) is 0 Å². The highest BCUT2D eigenvalue weighted by atomic mass is 15.3. The number of nitrogens with two attached hydrogens (primary N) is 1. The van der Waals surface area contributed by atoms with Gasteiger partial charge in [0.1, 0.15) is 0 Å². The van der Waals surface area contributed by atoms with E-state index in [1.807, 2.05) is 0 Å². The van der Waals surface area contributed by atoms with Crippen LogP contribution in [0.25, 0.3) is 0 Å². The molecule has 1 aromatic rings. The summed E-state index contributed by atoms with van der Waals surface area (Å²) in [6, 6.07) is -1.77. The van der Waals surface area contributed by atoms with Crippen LogP contribution in [0.4, 0.5) is 5.69 Å². The maximum absolute atomic E-state index is 7.61. The Bertz CT molecular complexity index is 301. The first kappa shape index (κ1) is 2.73. The summed E-state index contributed by atoms with van der Waals surface area (Å²) in [6.07, 6.45) is 2.65. The topological polar surface area (TPSA) is 43.8 Å². The number of aromatic nitrogens is 2. The van der Waals surface area contributed by atoms with Crippen LogP contribution in [0.15, 0.2) is 12.4 Å². The number of hydrogen-bond acceptors (Lipinski definition) is 2. The fourth-order valence-electron chi connectivity index (χ4n) is 0.520. The van der Waals surface area contributed by atoms with Gasteiger partial charge in [-0.2, -0.15) is 5.10 Å². The molecule has 1 heterocycles. The van der Waals surface area contributed by atoms with Gasteiger partial charge < -0.3 is 5.73 Å². The molecule has 9 heavy (non-hydrogen) atoms. The number of nitrogen functional groups attached to an aromatic ring is 1. The summed E-state index contributed by atoms with van der Waals surface area (Å²) in [5.41, 5.74) is 5.72. The van der Waals surface area contributed by atoms with Gasteiger partial charge in [-0.3, -0.25) is 4.68 Å². The van der Waals surface area contributed by atoms with Crippen LogP contribution in [0, 0.1) is 0 Å². The minimum absolute atomic E-state index is 0.350. The number of rotatable bonds is 1. The third-order valence-electron chi connectivity index (χ3n) is 0.946. The second-order valence-corrected chi connectivity index (χ2v) is 1.80. The van der Waals surface area contributed by atoms with Gasteiger partial charge in [-0.1, -0.05) is 0 Å². The van der Waals surface area contributed by atoms with Crippen molar-refractivity contribution < 1.29 is 5.48 Å². The van der Waals surface area contributed by atoms with Gasteiger partial charge in [-0.15, -0.1) is 0 Å². The summed E-state index contributed by atoms with van der Waals surface area (Å²) in [5, 5.41) is 3.70. The Hall–Kier alpha value is -0.990. The number of anilines is 1. The average Bonchev–Trinajstić information content (AvgIpc) is 2.33. The van der Waals surface area contributed by atoms with Crippen molar-refractivity contribution in [3.63, 3.8) is 0 Å². The summed E-state index contributed by atoms with van der Waals surface area (Å²) in [5.74, 6) is 0. The lowest BCUT2D eigenvalue weighted by atomic mass is 10.4. The molecule has 0 amide bonds. The van der Waals surface area contributed by atoms with Gasteiger partial charge in [0.15, 0.2) is 0 Å². The molecule has 0 spiro atoms. The molecule has 0 aliphatic carbocycles. The van der Waals surface area contributed by atoms with E-state index >= 15 is 0 Å². The lowest BCUT2D eigenvalue weighted by Crippen LogP contribution is -1.99. The Morgan fingerprint density at radius 3 is 3.33 bits per heavy atom. The number of hydrogen-bond donors (Lipinski definition) is 1. The van der Waals surface area contributed by atoms with E-state index in [4.69, 9.17) is 11.2 Å². The standard InChI is InChI=1S/C6H11N3/c1-5(2)9-4-6(7)3-8-9/h3-5H,7H2,1-2H3/i1D3,5D. The summed E-state index contributed by atoms with van der Waals surface area (Å²) >= 11 is 0. The minimum Gasteiger partial charge on any atom is -0.396 e. The molecular formula is C6H11N3. The monoisotopic (exact) mass is 129 g/mol. The fraction of sp³-hybridized carbons (Fsp3) is 0.500. The zero-order valence-electron chi connectivity index (χ0n) is 9.13. The molecule has 1 atom stereocenters. The van der Waals surface area contributed by atoms with Crippen LogP contribution in [0.2, 0.25) is 0 Å². The zero-order valence-corrected chi connectivity index (χ0v) is 5.13. The average molecular weight is 129 g/mol. The third-order valence-corrected chi connectivity index (χ3v) is 0.946. The molecule has 1 rings (SSSR count). The molecule has 0 aromatic carbocycles. The van der Waals surface area contributed by atoms with Crippen molar-refractivity contribution >= 4 is 5.69 Å². The zero-order chi connectivity index (χ0) is 10.3. The highest BCUT2D eigenvalue weighted by molar-refractivity contribution is 5.30. The number of nitrogens with zero attached hydrogens (tertiary/aromatic N) is 2. The second kappa shape index (κ2) is 2.09. The first-order chi connectivity index (χ1) is 5.75. The first-order valence-electron chi connectivity index (χ1n) is 4.56. The van der Waals surface area contributed by atoms with Crippen molar-refractivity contribution in [2.75, 3.05) is 5.73 Å². The van der Waals surface area contributed by atoms with Gasteiger partial charge in [0, 0.05) is 16.3 Å². The van der Waals surface area contributed by atoms with E-state index in [9.17, 15) is 0 Å². The van der Waals surface area contributed by atoms with E-state index in [0.29, 0.717) is 5.69 Å². The molecular weight excluding hydrogens is 114 g/mol. The summed E-state index contributed by atoms with van der Waals surface area (Å²) in [4.78, 5) is 0. The maximum atomic E-state index is 7.61. The molecule has 0 fully saturated rings.